The highest BCUT2D eigenvalue weighted by Gasteiger charge is 2.07. The maximum Gasteiger partial charge on any atom is 0.251 e. The highest BCUT2D eigenvalue weighted by Crippen LogP contribution is 2.27. The first-order valence-electron chi connectivity index (χ1n) is 7.83. The Hall–Kier alpha value is -3.13. The zero-order chi connectivity index (χ0) is 18.1. The van der Waals surface area contributed by atoms with Crippen molar-refractivity contribution in [3.8, 4) is 29.6 Å². The molecule has 25 heavy (non-hydrogen) atoms. The minimum atomic E-state index is -0.135. The van der Waals surface area contributed by atoms with Crippen molar-refractivity contribution in [2.75, 3.05) is 27.4 Å². The Morgan fingerprint density at radius 1 is 1.08 bits per heavy atom. The van der Waals surface area contributed by atoms with Crippen LogP contribution >= 0.6 is 0 Å². The van der Waals surface area contributed by atoms with Gasteiger partial charge in [-0.3, -0.25) is 4.79 Å². The van der Waals surface area contributed by atoms with E-state index in [1.54, 1.807) is 38.5 Å². The Morgan fingerprint density at radius 3 is 2.44 bits per heavy atom. The van der Waals surface area contributed by atoms with Crippen LogP contribution in [-0.2, 0) is 6.42 Å². The predicted molar refractivity (Wildman–Crippen MR) is 96.4 cm³/mol. The van der Waals surface area contributed by atoms with E-state index in [9.17, 15) is 4.79 Å². The van der Waals surface area contributed by atoms with Crippen LogP contribution in [-0.4, -0.2) is 33.3 Å². The fourth-order valence-corrected chi connectivity index (χ4v) is 2.29. The number of hydrogen-bond acceptors (Lipinski definition) is 4. The minimum absolute atomic E-state index is 0.135. The van der Waals surface area contributed by atoms with E-state index in [0.29, 0.717) is 35.8 Å². The van der Waals surface area contributed by atoms with Gasteiger partial charge in [-0.05, 0) is 48.4 Å². The van der Waals surface area contributed by atoms with Crippen molar-refractivity contribution in [3.05, 3.63) is 53.6 Å². The Bertz CT molecular complexity index is 747. The molecule has 0 fully saturated rings. The van der Waals surface area contributed by atoms with Crippen LogP contribution in [0.4, 0.5) is 0 Å². The third-order valence-electron chi connectivity index (χ3n) is 3.59. The standard InChI is InChI=1S/C20H21NO4/c1-4-13-25-17-8-6-16(7-9-17)20(22)21-12-11-15-5-10-18(23-2)19(14-15)24-3/h1,5-10,14H,11-13H2,2-3H3,(H,21,22). The quantitative estimate of drug-likeness (QED) is 0.751. The molecule has 0 radical (unpaired) electrons. The van der Waals surface area contributed by atoms with Crippen molar-refractivity contribution in [2.24, 2.45) is 0 Å². The van der Waals surface area contributed by atoms with E-state index >= 15 is 0 Å². The lowest BCUT2D eigenvalue weighted by Gasteiger charge is -2.10. The highest BCUT2D eigenvalue weighted by molar-refractivity contribution is 5.94. The van der Waals surface area contributed by atoms with Gasteiger partial charge in [0.15, 0.2) is 11.5 Å². The minimum Gasteiger partial charge on any atom is -0.493 e. The van der Waals surface area contributed by atoms with Crippen LogP contribution in [0, 0.1) is 12.3 Å². The van der Waals surface area contributed by atoms with Crippen molar-refractivity contribution < 1.29 is 19.0 Å². The molecule has 0 aromatic heterocycles. The first-order chi connectivity index (χ1) is 12.2. The third kappa shape index (κ3) is 5.18. The zero-order valence-corrected chi connectivity index (χ0v) is 14.4. The molecule has 0 heterocycles. The molecule has 0 atom stereocenters. The molecule has 130 valence electrons. The molecule has 0 bridgehead atoms. The van der Waals surface area contributed by atoms with Crippen LogP contribution in [0.15, 0.2) is 42.5 Å². The van der Waals surface area contributed by atoms with Gasteiger partial charge in [0, 0.05) is 12.1 Å². The lowest BCUT2D eigenvalue weighted by atomic mass is 10.1. The van der Waals surface area contributed by atoms with E-state index in [2.05, 4.69) is 11.2 Å². The third-order valence-corrected chi connectivity index (χ3v) is 3.59. The molecule has 0 spiro atoms. The van der Waals surface area contributed by atoms with Gasteiger partial charge in [-0.25, -0.2) is 0 Å². The summed E-state index contributed by atoms with van der Waals surface area (Å²) >= 11 is 0. The second-order valence-electron chi connectivity index (χ2n) is 5.21. The average Bonchev–Trinajstić information content (AvgIpc) is 2.66. The molecular formula is C20H21NO4. The first kappa shape index (κ1) is 18.2. The van der Waals surface area contributed by atoms with Crippen LogP contribution in [0.1, 0.15) is 15.9 Å². The molecule has 1 N–H and O–H groups in total. The largest absolute Gasteiger partial charge is 0.493 e. The lowest BCUT2D eigenvalue weighted by Crippen LogP contribution is -2.25. The normalized spacial score (nSPS) is 9.80. The smallest absolute Gasteiger partial charge is 0.251 e. The average molecular weight is 339 g/mol. The van der Waals surface area contributed by atoms with Gasteiger partial charge < -0.3 is 19.5 Å². The molecular weight excluding hydrogens is 318 g/mol. The van der Waals surface area contributed by atoms with Crippen molar-refractivity contribution in [3.63, 3.8) is 0 Å². The van der Waals surface area contributed by atoms with Gasteiger partial charge in [-0.2, -0.15) is 0 Å². The zero-order valence-electron chi connectivity index (χ0n) is 14.4. The fourth-order valence-electron chi connectivity index (χ4n) is 2.29. The van der Waals surface area contributed by atoms with E-state index in [4.69, 9.17) is 20.6 Å². The monoisotopic (exact) mass is 339 g/mol. The van der Waals surface area contributed by atoms with Gasteiger partial charge in [0.2, 0.25) is 0 Å². The molecule has 0 saturated carbocycles. The summed E-state index contributed by atoms with van der Waals surface area (Å²) in [5.74, 6) is 4.26. The number of rotatable bonds is 8. The van der Waals surface area contributed by atoms with Crippen molar-refractivity contribution in [1.29, 1.82) is 0 Å². The Balaban J connectivity index is 1.87. The number of ether oxygens (including phenoxy) is 3. The van der Waals surface area contributed by atoms with Gasteiger partial charge >= 0.3 is 0 Å². The first-order valence-corrected chi connectivity index (χ1v) is 7.83. The molecule has 2 aromatic carbocycles. The predicted octanol–water partition coefficient (Wildman–Crippen LogP) is 2.69. The second-order valence-corrected chi connectivity index (χ2v) is 5.21. The topological polar surface area (TPSA) is 56.8 Å². The lowest BCUT2D eigenvalue weighted by molar-refractivity contribution is 0.0954. The van der Waals surface area contributed by atoms with Gasteiger partial charge in [0.05, 0.1) is 14.2 Å². The summed E-state index contributed by atoms with van der Waals surface area (Å²) in [5, 5.41) is 2.89. The summed E-state index contributed by atoms with van der Waals surface area (Å²) in [6, 6.07) is 12.6. The van der Waals surface area contributed by atoms with Crippen LogP contribution in [0.3, 0.4) is 0 Å². The Labute approximate surface area is 147 Å². The van der Waals surface area contributed by atoms with Crippen LogP contribution < -0.4 is 19.5 Å². The van der Waals surface area contributed by atoms with Crippen molar-refractivity contribution in [1.82, 2.24) is 5.32 Å². The van der Waals surface area contributed by atoms with Gasteiger partial charge in [0.25, 0.3) is 5.91 Å². The number of hydrogen-bond donors (Lipinski definition) is 1. The summed E-state index contributed by atoms with van der Waals surface area (Å²) in [4.78, 5) is 12.2. The van der Waals surface area contributed by atoms with Crippen LogP contribution in [0.2, 0.25) is 0 Å². The summed E-state index contributed by atoms with van der Waals surface area (Å²) in [6.07, 6.45) is 5.83. The molecule has 0 unspecified atom stereocenters. The van der Waals surface area contributed by atoms with Gasteiger partial charge in [-0.15, -0.1) is 6.42 Å². The number of carbonyl (C=O) groups is 1. The number of benzene rings is 2. The van der Waals surface area contributed by atoms with E-state index in [0.717, 1.165) is 5.56 Å². The molecule has 5 nitrogen and oxygen atoms in total. The van der Waals surface area contributed by atoms with E-state index in [1.165, 1.54) is 0 Å². The molecule has 5 heteroatoms. The Kier molecular flexibility index (Phi) is 6.73. The molecule has 0 aliphatic heterocycles. The van der Waals surface area contributed by atoms with Crippen LogP contribution in [0.5, 0.6) is 17.2 Å². The summed E-state index contributed by atoms with van der Waals surface area (Å²) in [5.41, 5.74) is 1.62. The van der Waals surface area contributed by atoms with Crippen molar-refractivity contribution in [2.45, 2.75) is 6.42 Å². The number of terminal acetylenes is 1. The van der Waals surface area contributed by atoms with Crippen molar-refractivity contribution >= 4 is 5.91 Å². The number of nitrogens with one attached hydrogen (secondary N) is 1. The van der Waals surface area contributed by atoms with E-state index in [1.807, 2.05) is 18.2 Å². The molecule has 1 amide bonds. The Morgan fingerprint density at radius 2 is 1.80 bits per heavy atom. The van der Waals surface area contributed by atoms with Crippen LogP contribution in [0.25, 0.3) is 0 Å². The van der Waals surface area contributed by atoms with E-state index < -0.39 is 0 Å². The summed E-state index contributed by atoms with van der Waals surface area (Å²) in [7, 11) is 3.20. The fraction of sp³-hybridized carbons (Fsp3) is 0.250. The number of methoxy groups -OCH3 is 2. The molecule has 0 aliphatic carbocycles. The SMILES string of the molecule is C#CCOc1ccc(C(=O)NCCc2ccc(OC)c(OC)c2)cc1. The van der Waals surface area contributed by atoms with Gasteiger partial charge in [0.1, 0.15) is 12.4 Å². The number of carbonyl (C=O) groups excluding carboxylic acids is 1. The van der Waals surface area contributed by atoms with Gasteiger partial charge in [-0.1, -0.05) is 12.0 Å². The second kappa shape index (κ2) is 9.24. The molecule has 2 aromatic rings. The summed E-state index contributed by atoms with van der Waals surface area (Å²) < 4.78 is 15.8. The number of amides is 1. The highest BCUT2D eigenvalue weighted by atomic mass is 16.5. The molecule has 2 rings (SSSR count). The molecule has 0 saturated heterocycles. The maximum atomic E-state index is 12.2. The summed E-state index contributed by atoms with van der Waals surface area (Å²) in [6.45, 7) is 0.723. The maximum absolute atomic E-state index is 12.2. The van der Waals surface area contributed by atoms with E-state index in [-0.39, 0.29) is 12.5 Å². The molecule has 0 aliphatic rings.